The fraction of sp³-hybridized carbons (Fsp3) is 0.652. The molecular formula is C23H25F2NO6. The second-order valence-corrected chi connectivity index (χ2v) is 9.67. The first-order valence-electron chi connectivity index (χ1n) is 10.6. The number of aliphatic hydroxyl groups excluding tert-OH is 1. The van der Waals surface area contributed by atoms with Crippen molar-refractivity contribution in [1.82, 2.24) is 0 Å². The number of carbonyl (C=O) groups is 3. The van der Waals surface area contributed by atoms with Crippen molar-refractivity contribution in [3.63, 3.8) is 0 Å². The second-order valence-electron chi connectivity index (χ2n) is 9.67. The van der Waals surface area contributed by atoms with Gasteiger partial charge >= 0.3 is 5.97 Å². The number of hydrogen-bond acceptors (Lipinski definition) is 7. The molecule has 0 amide bonds. The van der Waals surface area contributed by atoms with Crippen molar-refractivity contribution >= 4 is 18.2 Å². The molecule has 0 radical (unpaired) electrons. The maximum atomic E-state index is 17.0. The van der Waals surface area contributed by atoms with E-state index in [0.29, 0.717) is 0 Å². The molecular weight excluding hydrogens is 424 g/mol. The fourth-order valence-corrected chi connectivity index (χ4v) is 7.07. The van der Waals surface area contributed by atoms with E-state index in [9.17, 15) is 19.5 Å². The van der Waals surface area contributed by atoms with Crippen LogP contribution in [0.4, 0.5) is 8.78 Å². The van der Waals surface area contributed by atoms with Crippen LogP contribution in [0.1, 0.15) is 39.5 Å². The summed E-state index contributed by atoms with van der Waals surface area (Å²) in [4.78, 5) is 36.2. The Bertz CT molecular complexity index is 974. The molecule has 0 aliphatic heterocycles. The highest BCUT2D eigenvalue weighted by Crippen LogP contribution is 2.70. The van der Waals surface area contributed by atoms with Gasteiger partial charge in [-0.05, 0) is 56.3 Å². The number of alkyl halides is 2. The van der Waals surface area contributed by atoms with Crippen LogP contribution in [0.25, 0.3) is 0 Å². The fourth-order valence-electron chi connectivity index (χ4n) is 7.07. The van der Waals surface area contributed by atoms with Gasteiger partial charge in [0.05, 0.1) is 6.10 Å². The molecule has 1 N–H and O–H groups in total. The predicted molar refractivity (Wildman–Crippen MR) is 105 cm³/mol. The highest BCUT2D eigenvalue weighted by atomic mass is 19.1. The van der Waals surface area contributed by atoms with Gasteiger partial charge < -0.3 is 14.6 Å². The Morgan fingerprint density at radius 1 is 1.41 bits per heavy atom. The zero-order valence-electron chi connectivity index (χ0n) is 17.8. The molecule has 8 atom stereocenters. The molecule has 0 aromatic heterocycles. The molecule has 0 aromatic carbocycles. The normalized spacial score (nSPS) is 46.8. The van der Waals surface area contributed by atoms with Crippen LogP contribution in [-0.4, -0.2) is 53.5 Å². The third kappa shape index (κ3) is 2.56. The Balaban J connectivity index is 1.82. The maximum Gasteiger partial charge on any atom is 0.352 e. The molecule has 5 unspecified atom stereocenters. The molecule has 0 heterocycles. The first kappa shape index (κ1) is 22.6. The Morgan fingerprint density at radius 3 is 2.78 bits per heavy atom. The summed E-state index contributed by atoms with van der Waals surface area (Å²) in [5.74, 6) is -2.99. The molecule has 4 aliphatic rings. The van der Waals surface area contributed by atoms with Gasteiger partial charge in [-0.25, -0.2) is 13.6 Å². The number of carbonyl (C=O) groups excluding carboxylic acids is 3. The van der Waals surface area contributed by atoms with Crippen molar-refractivity contribution < 1.29 is 37.7 Å². The monoisotopic (exact) mass is 449 g/mol. The van der Waals surface area contributed by atoms with Crippen LogP contribution < -0.4 is 0 Å². The number of fused-ring (bicyclic) bond motifs is 5. The van der Waals surface area contributed by atoms with Gasteiger partial charge in [-0.1, -0.05) is 13.0 Å². The van der Waals surface area contributed by atoms with Gasteiger partial charge in [-0.15, -0.1) is 0 Å². The van der Waals surface area contributed by atoms with Gasteiger partial charge in [-0.3, -0.25) is 9.59 Å². The molecule has 0 saturated heterocycles. The first-order valence-corrected chi connectivity index (χ1v) is 10.6. The third-order valence-electron chi connectivity index (χ3n) is 8.60. The molecule has 0 spiro atoms. The van der Waals surface area contributed by atoms with Crippen molar-refractivity contribution in [2.45, 2.75) is 63.1 Å². The highest BCUT2D eigenvalue weighted by Gasteiger charge is 2.76. The van der Waals surface area contributed by atoms with E-state index in [2.05, 4.69) is 0 Å². The Labute approximate surface area is 184 Å². The van der Waals surface area contributed by atoms with Crippen LogP contribution in [0.15, 0.2) is 23.8 Å². The molecule has 3 saturated carbocycles. The first-order chi connectivity index (χ1) is 15.0. The van der Waals surface area contributed by atoms with Crippen LogP contribution in [0.3, 0.4) is 0 Å². The average molecular weight is 449 g/mol. The van der Waals surface area contributed by atoms with E-state index in [0.717, 1.165) is 6.08 Å². The van der Waals surface area contributed by atoms with Gasteiger partial charge in [0, 0.05) is 16.7 Å². The lowest BCUT2D eigenvalue weighted by Crippen LogP contribution is -2.70. The second kappa shape index (κ2) is 7.20. The van der Waals surface area contributed by atoms with Gasteiger partial charge in [0.15, 0.2) is 18.1 Å². The minimum atomic E-state index is -2.30. The van der Waals surface area contributed by atoms with Crippen LogP contribution in [0.5, 0.6) is 0 Å². The number of esters is 1. The largest absolute Gasteiger partial charge is 0.449 e. The van der Waals surface area contributed by atoms with Gasteiger partial charge in [0.2, 0.25) is 5.60 Å². The standard InChI is InChI=1S/C23H25F2NO6/c1-20-5-3-13(28)9-16(20)17(24)10-15-14-4-6-22(32-12-27,19(30)31-8-7-26)21(14,2)11-18(29)23(15,20)25/h3,5,9,12,14-15,17-18,29H,4,6,8,10-11H2,1-2H3/t14?,15?,17-,18?,20?,21?,22-,23-/m0/s1. The van der Waals surface area contributed by atoms with Crippen LogP contribution in [-0.2, 0) is 23.9 Å². The lowest BCUT2D eigenvalue weighted by molar-refractivity contribution is -0.232. The summed E-state index contributed by atoms with van der Waals surface area (Å²) in [5, 5.41) is 20.0. The van der Waals surface area contributed by atoms with E-state index in [1.807, 2.05) is 0 Å². The maximum absolute atomic E-state index is 17.0. The number of ether oxygens (including phenoxy) is 2. The highest BCUT2D eigenvalue weighted by molar-refractivity contribution is 6.01. The number of hydrogen-bond donors (Lipinski definition) is 1. The van der Waals surface area contributed by atoms with Crippen molar-refractivity contribution in [1.29, 1.82) is 5.26 Å². The Hall–Kier alpha value is -2.60. The lowest BCUT2D eigenvalue weighted by atomic mass is 9.44. The summed E-state index contributed by atoms with van der Waals surface area (Å²) in [6, 6.07) is 1.68. The predicted octanol–water partition coefficient (Wildman–Crippen LogP) is 2.28. The minimum absolute atomic E-state index is 0.00115. The van der Waals surface area contributed by atoms with Crippen LogP contribution in [0, 0.1) is 34.0 Å². The molecule has 32 heavy (non-hydrogen) atoms. The number of allylic oxidation sites excluding steroid dienone is 4. The zero-order valence-corrected chi connectivity index (χ0v) is 17.8. The van der Waals surface area contributed by atoms with Crippen molar-refractivity contribution in [3.05, 3.63) is 23.8 Å². The topological polar surface area (TPSA) is 114 Å². The van der Waals surface area contributed by atoms with Gasteiger partial charge in [0.1, 0.15) is 12.2 Å². The third-order valence-corrected chi connectivity index (χ3v) is 8.60. The quantitative estimate of drug-likeness (QED) is 0.517. The number of halogens is 2. The van der Waals surface area contributed by atoms with E-state index in [1.165, 1.54) is 19.1 Å². The van der Waals surface area contributed by atoms with Gasteiger partial charge in [-0.2, -0.15) is 5.26 Å². The van der Waals surface area contributed by atoms with E-state index >= 15 is 8.78 Å². The average Bonchev–Trinajstić information content (AvgIpc) is 3.03. The summed E-state index contributed by atoms with van der Waals surface area (Å²) in [7, 11) is 0. The molecule has 7 nitrogen and oxygen atoms in total. The summed E-state index contributed by atoms with van der Waals surface area (Å²) in [6.07, 6.45) is 0.0999. The SMILES string of the molecule is CC12C=CC(=O)C=C1[C@@H](F)CC1C3CC[C@](OC=O)(C(=O)OCC#N)C3(C)CC(O)[C@@]12F. The van der Waals surface area contributed by atoms with E-state index < -0.39 is 64.6 Å². The van der Waals surface area contributed by atoms with Crippen LogP contribution >= 0.6 is 0 Å². The van der Waals surface area contributed by atoms with Crippen molar-refractivity contribution in [2.24, 2.45) is 22.7 Å². The van der Waals surface area contributed by atoms with Crippen LogP contribution in [0.2, 0.25) is 0 Å². The number of aliphatic hydroxyl groups is 1. The number of nitrogens with zero attached hydrogens (tertiary/aromatic N) is 1. The molecule has 4 rings (SSSR count). The van der Waals surface area contributed by atoms with Gasteiger partial charge in [0.25, 0.3) is 6.47 Å². The summed E-state index contributed by atoms with van der Waals surface area (Å²) >= 11 is 0. The van der Waals surface area contributed by atoms with E-state index in [1.54, 1.807) is 13.0 Å². The Morgan fingerprint density at radius 2 is 2.12 bits per heavy atom. The molecule has 3 fully saturated rings. The molecule has 4 aliphatic carbocycles. The molecule has 9 heteroatoms. The van der Waals surface area contributed by atoms with Crippen molar-refractivity contribution in [2.75, 3.05) is 6.61 Å². The number of nitriles is 1. The lowest BCUT2D eigenvalue weighted by Gasteiger charge is -2.62. The summed E-state index contributed by atoms with van der Waals surface area (Å²) in [6.45, 7) is 2.66. The zero-order chi connectivity index (χ0) is 23.5. The Kier molecular flexibility index (Phi) is 5.09. The number of ketones is 1. The summed E-state index contributed by atoms with van der Waals surface area (Å²) in [5.41, 5.74) is -6.89. The molecule has 0 aromatic rings. The summed E-state index contributed by atoms with van der Waals surface area (Å²) < 4.78 is 42.6. The van der Waals surface area contributed by atoms with E-state index in [4.69, 9.17) is 14.7 Å². The minimum Gasteiger partial charge on any atom is -0.449 e. The van der Waals surface area contributed by atoms with Crippen molar-refractivity contribution in [3.8, 4) is 6.07 Å². The molecule has 0 bridgehead atoms. The number of rotatable bonds is 4. The van der Waals surface area contributed by atoms with E-state index in [-0.39, 0.29) is 37.7 Å². The molecule has 172 valence electrons. The smallest absolute Gasteiger partial charge is 0.352 e.